The fourth-order valence-electron chi connectivity index (χ4n) is 1.71. The van der Waals surface area contributed by atoms with Crippen molar-refractivity contribution >= 4 is 0 Å². The summed E-state index contributed by atoms with van der Waals surface area (Å²) in [4.78, 5) is 0. The van der Waals surface area contributed by atoms with Gasteiger partial charge >= 0.3 is 0 Å². The summed E-state index contributed by atoms with van der Waals surface area (Å²) in [7, 11) is 0. The molecule has 14 heavy (non-hydrogen) atoms. The van der Waals surface area contributed by atoms with Gasteiger partial charge in [-0.15, -0.1) is 0 Å². The van der Waals surface area contributed by atoms with Crippen LogP contribution in [0.2, 0.25) is 0 Å². The third-order valence-corrected chi connectivity index (χ3v) is 2.23. The fraction of sp³-hybridized carbons (Fsp3) is 0.846. The van der Waals surface area contributed by atoms with E-state index in [-0.39, 0.29) is 6.10 Å². The first-order valence-corrected chi connectivity index (χ1v) is 5.93. The molecule has 1 heteroatoms. The number of unbranched alkanes of at least 4 members (excludes halogenated alkanes) is 2. The zero-order valence-electron chi connectivity index (χ0n) is 10.2. The first-order chi connectivity index (χ1) is 6.56. The molecule has 0 rings (SSSR count). The molecule has 0 aromatic carbocycles. The lowest BCUT2D eigenvalue weighted by Crippen LogP contribution is -2.02. The van der Waals surface area contributed by atoms with Crippen LogP contribution in [0.1, 0.15) is 59.8 Å². The standard InChI is InChI=1S/C13H26O/c1-5-6-7-8-13(9-11(2)3)10-12(4)14/h9,11-12,14H,5-8,10H2,1-4H3/b13-9-. The molecule has 1 atom stereocenters. The summed E-state index contributed by atoms with van der Waals surface area (Å²) in [5.41, 5.74) is 1.43. The molecule has 0 spiro atoms. The normalized spacial score (nSPS) is 14.9. The Labute approximate surface area is 89.2 Å². The first-order valence-electron chi connectivity index (χ1n) is 5.93. The van der Waals surface area contributed by atoms with E-state index in [2.05, 4.69) is 26.8 Å². The number of allylic oxidation sites excluding steroid dienone is 1. The third-order valence-electron chi connectivity index (χ3n) is 2.23. The number of rotatable bonds is 7. The summed E-state index contributed by atoms with van der Waals surface area (Å²) in [5, 5.41) is 9.35. The minimum absolute atomic E-state index is 0.193. The summed E-state index contributed by atoms with van der Waals surface area (Å²) in [6.07, 6.45) is 7.96. The van der Waals surface area contributed by atoms with Crippen molar-refractivity contribution in [3.8, 4) is 0 Å². The van der Waals surface area contributed by atoms with Crippen molar-refractivity contribution in [3.05, 3.63) is 11.6 Å². The largest absolute Gasteiger partial charge is 0.393 e. The zero-order valence-corrected chi connectivity index (χ0v) is 10.2. The quantitative estimate of drug-likeness (QED) is 0.485. The van der Waals surface area contributed by atoms with Gasteiger partial charge in [-0.25, -0.2) is 0 Å². The highest BCUT2D eigenvalue weighted by Crippen LogP contribution is 2.17. The highest BCUT2D eigenvalue weighted by atomic mass is 16.3. The Morgan fingerprint density at radius 2 is 1.86 bits per heavy atom. The van der Waals surface area contributed by atoms with Crippen molar-refractivity contribution < 1.29 is 5.11 Å². The lowest BCUT2D eigenvalue weighted by molar-refractivity contribution is 0.193. The highest BCUT2D eigenvalue weighted by Gasteiger charge is 2.03. The van der Waals surface area contributed by atoms with Gasteiger partial charge in [-0.3, -0.25) is 0 Å². The summed E-state index contributed by atoms with van der Waals surface area (Å²) < 4.78 is 0. The second kappa shape index (κ2) is 8.05. The predicted octanol–water partition coefficient (Wildman–Crippen LogP) is 3.92. The molecular weight excluding hydrogens is 172 g/mol. The van der Waals surface area contributed by atoms with E-state index >= 15 is 0 Å². The summed E-state index contributed by atoms with van der Waals surface area (Å²) in [6.45, 7) is 8.48. The maximum atomic E-state index is 9.35. The van der Waals surface area contributed by atoms with Crippen molar-refractivity contribution in [2.45, 2.75) is 65.9 Å². The van der Waals surface area contributed by atoms with E-state index in [9.17, 15) is 5.11 Å². The Morgan fingerprint density at radius 3 is 2.29 bits per heavy atom. The van der Waals surface area contributed by atoms with E-state index in [4.69, 9.17) is 0 Å². The minimum Gasteiger partial charge on any atom is -0.393 e. The Balaban J connectivity index is 3.98. The van der Waals surface area contributed by atoms with E-state index in [0.29, 0.717) is 5.92 Å². The van der Waals surface area contributed by atoms with Crippen LogP contribution in [0.15, 0.2) is 11.6 Å². The molecule has 0 heterocycles. The van der Waals surface area contributed by atoms with E-state index < -0.39 is 0 Å². The minimum atomic E-state index is -0.193. The molecule has 0 saturated heterocycles. The summed E-state index contributed by atoms with van der Waals surface area (Å²) >= 11 is 0. The van der Waals surface area contributed by atoms with Crippen LogP contribution in [-0.4, -0.2) is 11.2 Å². The molecular formula is C13H26O. The Morgan fingerprint density at radius 1 is 1.21 bits per heavy atom. The van der Waals surface area contributed by atoms with Crippen molar-refractivity contribution in [2.75, 3.05) is 0 Å². The van der Waals surface area contributed by atoms with Crippen molar-refractivity contribution in [1.29, 1.82) is 0 Å². The van der Waals surface area contributed by atoms with Gasteiger partial charge in [0.05, 0.1) is 6.10 Å². The van der Waals surface area contributed by atoms with Crippen LogP contribution in [0, 0.1) is 5.92 Å². The maximum Gasteiger partial charge on any atom is 0.0549 e. The van der Waals surface area contributed by atoms with Crippen LogP contribution in [0.3, 0.4) is 0 Å². The Kier molecular flexibility index (Phi) is 7.87. The number of aliphatic hydroxyl groups is 1. The maximum absolute atomic E-state index is 9.35. The molecule has 1 nitrogen and oxygen atoms in total. The third kappa shape index (κ3) is 8.31. The van der Waals surface area contributed by atoms with Gasteiger partial charge in [-0.05, 0) is 32.1 Å². The van der Waals surface area contributed by atoms with Crippen LogP contribution in [0.25, 0.3) is 0 Å². The lowest BCUT2D eigenvalue weighted by Gasteiger charge is -2.11. The van der Waals surface area contributed by atoms with Crippen molar-refractivity contribution in [2.24, 2.45) is 5.92 Å². The summed E-state index contributed by atoms with van der Waals surface area (Å²) in [5.74, 6) is 0.602. The van der Waals surface area contributed by atoms with E-state index in [1.165, 1.54) is 24.8 Å². The molecule has 0 bridgehead atoms. The van der Waals surface area contributed by atoms with Gasteiger partial charge in [-0.1, -0.05) is 45.3 Å². The molecule has 0 fully saturated rings. The van der Waals surface area contributed by atoms with Crippen LogP contribution in [-0.2, 0) is 0 Å². The van der Waals surface area contributed by atoms with Crippen LogP contribution in [0.5, 0.6) is 0 Å². The van der Waals surface area contributed by atoms with Gasteiger partial charge in [0, 0.05) is 0 Å². The molecule has 0 aromatic rings. The molecule has 0 radical (unpaired) electrons. The molecule has 1 N–H and O–H groups in total. The van der Waals surface area contributed by atoms with Crippen molar-refractivity contribution in [1.82, 2.24) is 0 Å². The highest BCUT2D eigenvalue weighted by molar-refractivity contribution is 5.04. The van der Waals surface area contributed by atoms with Gasteiger partial charge in [0.2, 0.25) is 0 Å². The first kappa shape index (κ1) is 13.7. The molecule has 1 unspecified atom stereocenters. The second-order valence-electron chi connectivity index (χ2n) is 4.58. The molecule has 0 aromatic heterocycles. The molecule has 0 aliphatic heterocycles. The van der Waals surface area contributed by atoms with E-state index in [1.54, 1.807) is 0 Å². The van der Waals surface area contributed by atoms with Crippen LogP contribution in [0.4, 0.5) is 0 Å². The molecule has 0 aliphatic rings. The summed E-state index contributed by atoms with van der Waals surface area (Å²) in [6, 6.07) is 0. The fourth-order valence-corrected chi connectivity index (χ4v) is 1.71. The number of hydrogen-bond acceptors (Lipinski definition) is 1. The number of hydrogen-bond donors (Lipinski definition) is 1. The van der Waals surface area contributed by atoms with Crippen LogP contribution >= 0.6 is 0 Å². The monoisotopic (exact) mass is 198 g/mol. The lowest BCUT2D eigenvalue weighted by atomic mass is 9.98. The number of aliphatic hydroxyl groups excluding tert-OH is 1. The average molecular weight is 198 g/mol. The molecule has 0 saturated carbocycles. The van der Waals surface area contributed by atoms with E-state index in [1.807, 2.05) is 6.92 Å². The predicted molar refractivity (Wildman–Crippen MR) is 63.4 cm³/mol. The zero-order chi connectivity index (χ0) is 11.0. The van der Waals surface area contributed by atoms with Gasteiger partial charge < -0.3 is 5.11 Å². The topological polar surface area (TPSA) is 20.2 Å². The van der Waals surface area contributed by atoms with Gasteiger partial charge in [0.1, 0.15) is 0 Å². The molecule has 0 aliphatic carbocycles. The van der Waals surface area contributed by atoms with Crippen LogP contribution < -0.4 is 0 Å². The van der Waals surface area contributed by atoms with Gasteiger partial charge in [0.25, 0.3) is 0 Å². The second-order valence-corrected chi connectivity index (χ2v) is 4.58. The SMILES string of the molecule is CCCCC/C(=C/C(C)C)CC(C)O. The van der Waals surface area contributed by atoms with Gasteiger partial charge in [-0.2, -0.15) is 0 Å². The smallest absolute Gasteiger partial charge is 0.0549 e. The Hall–Kier alpha value is -0.300. The Bertz CT molecular complexity index is 157. The van der Waals surface area contributed by atoms with E-state index in [0.717, 1.165) is 12.8 Å². The van der Waals surface area contributed by atoms with Gasteiger partial charge in [0.15, 0.2) is 0 Å². The average Bonchev–Trinajstić information content (AvgIpc) is 2.02. The molecule has 0 amide bonds. The molecule has 84 valence electrons. The van der Waals surface area contributed by atoms with Crippen molar-refractivity contribution in [3.63, 3.8) is 0 Å².